The molecule has 3 heterocycles. The molecule has 0 atom stereocenters. The standard InChI is InChI=1S/C29H27N5O3/c1-19-15-23(21(3)34(19)27-16-20(2)37-32-27)13-14-28(35)33(17-22-9-5-4-6-10-22)18-26-30-25-12-8-7-11-24(25)29(36)31-26/h4-16H,17-18H2,1-3H3,(H,30,31,36)/b14-13+. The van der Waals surface area contributed by atoms with E-state index in [0.29, 0.717) is 29.1 Å². The predicted octanol–water partition coefficient (Wildman–Crippen LogP) is 4.87. The first kappa shape index (κ1) is 24.0. The summed E-state index contributed by atoms with van der Waals surface area (Å²) in [5, 5.41) is 4.64. The Morgan fingerprint density at radius 3 is 2.54 bits per heavy atom. The Morgan fingerprint density at radius 2 is 1.78 bits per heavy atom. The largest absolute Gasteiger partial charge is 0.360 e. The number of nitrogens with zero attached hydrogens (tertiary/aromatic N) is 4. The van der Waals surface area contributed by atoms with E-state index in [0.717, 1.165) is 28.3 Å². The van der Waals surface area contributed by atoms with Crippen LogP contribution in [-0.2, 0) is 17.9 Å². The number of aryl methyl sites for hydroxylation is 2. The van der Waals surface area contributed by atoms with Crippen LogP contribution in [0.25, 0.3) is 22.8 Å². The quantitative estimate of drug-likeness (QED) is 0.326. The lowest BCUT2D eigenvalue weighted by molar-refractivity contribution is -0.127. The summed E-state index contributed by atoms with van der Waals surface area (Å²) in [6, 6.07) is 20.8. The summed E-state index contributed by atoms with van der Waals surface area (Å²) in [7, 11) is 0. The molecule has 37 heavy (non-hydrogen) atoms. The maximum atomic E-state index is 13.4. The maximum Gasteiger partial charge on any atom is 0.258 e. The van der Waals surface area contributed by atoms with Gasteiger partial charge in [0.2, 0.25) is 5.91 Å². The van der Waals surface area contributed by atoms with Crippen LogP contribution < -0.4 is 5.56 Å². The summed E-state index contributed by atoms with van der Waals surface area (Å²) in [5.41, 5.74) is 4.19. The number of nitrogens with one attached hydrogen (secondary N) is 1. The van der Waals surface area contributed by atoms with Crippen LogP contribution in [0.2, 0.25) is 0 Å². The van der Waals surface area contributed by atoms with Crippen LogP contribution in [0.5, 0.6) is 0 Å². The third-order valence-electron chi connectivity index (χ3n) is 6.25. The van der Waals surface area contributed by atoms with Gasteiger partial charge in [-0.1, -0.05) is 47.6 Å². The highest BCUT2D eigenvalue weighted by Gasteiger charge is 2.16. The molecule has 0 spiro atoms. The van der Waals surface area contributed by atoms with Crippen LogP contribution in [0.1, 0.15) is 34.1 Å². The van der Waals surface area contributed by atoms with Crippen LogP contribution >= 0.6 is 0 Å². The Labute approximate surface area is 213 Å². The van der Waals surface area contributed by atoms with Crippen molar-refractivity contribution >= 4 is 22.9 Å². The molecule has 0 aliphatic rings. The molecule has 1 N–H and O–H groups in total. The van der Waals surface area contributed by atoms with Gasteiger partial charge in [0, 0.05) is 30.1 Å². The second-order valence-corrected chi connectivity index (χ2v) is 9.00. The number of amides is 1. The average molecular weight is 494 g/mol. The van der Waals surface area contributed by atoms with Crippen LogP contribution in [-0.4, -0.2) is 30.5 Å². The zero-order chi connectivity index (χ0) is 25.9. The molecule has 186 valence electrons. The highest BCUT2D eigenvalue weighted by atomic mass is 16.5. The fourth-order valence-electron chi connectivity index (χ4n) is 4.44. The smallest absolute Gasteiger partial charge is 0.258 e. The molecule has 3 aromatic heterocycles. The number of carbonyl (C=O) groups is 1. The zero-order valence-corrected chi connectivity index (χ0v) is 20.9. The van der Waals surface area contributed by atoms with Gasteiger partial charge in [-0.2, -0.15) is 0 Å². The van der Waals surface area contributed by atoms with Gasteiger partial charge in [0.15, 0.2) is 5.82 Å². The van der Waals surface area contributed by atoms with E-state index in [-0.39, 0.29) is 18.0 Å². The molecule has 0 radical (unpaired) electrons. The minimum atomic E-state index is -0.223. The van der Waals surface area contributed by atoms with Gasteiger partial charge in [0.05, 0.1) is 17.4 Å². The molecule has 2 aromatic carbocycles. The van der Waals surface area contributed by atoms with Gasteiger partial charge >= 0.3 is 0 Å². The Hall–Kier alpha value is -4.72. The minimum absolute atomic E-state index is 0.162. The zero-order valence-electron chi connectivity index (χ0n) is 20.9. The average Bonchev–Trinajstić information content (AvgIpc) is 3.44. The number of aromatic nitrogens is 4. The lowest BCUT2D eigenvalue weighted by atomic mass is 10.2. The fraction of sp³-hybridized carbons (Fsp3) is 0.172. The number of hydrogen-bond acceptors (Lipinski definition) is 5. The van der Waals surface area contributed by atoms with Crippen molar-refractivity contribution in [2.24, 2.45) is 0 Å². The lowest BCUT2D eigenvalue weighted by Crippen LogP contribution is -2.30. The van der Waals surface area contributed by atoms with Crippen molar-refractivity contribution in [3.63, 3.8) is 0 Å². The van der Waals surface area contributed by atoms with Crippen LogP contribution in [0, 0.1) is 20.8 Å². The molecule has 5 aromatic rings. The molecule has 5 rings (SSSR count). The van der Waals surface area contributed by atoms with Crippen molar-refractivity contribution in [1.29, 1.82) is 0 Å². The van der Waals surface area contributed by atoms with Crippen molar-refractivity contribution in [2.75, 3.05) is 0 Å². The SMILES string of the molecule is Cc1cc(-n2c(C)cc(/C=C/C(=O)N(Cc3ccccc3)Cc3nc4ccccc4c(=O)[nH]3)c2C)no1. The van der Waals surface area contributed by atoms with Gasteiger partial charge in [-0.3, -0.25) is 14.2 Å². The first-order chi connectivity index (χ1) is 17.9. The van der Waals surface area contributed by atoms with E-state index in [1.54, 1.807) is 29.2 Å². The van der Waals surface area contributed by atoms with Gasteiger partial charge in [0.1, 0.15) is 11.6 Å². The number of carbonyl (C=O) groups excluding carboxylic acids is 1. The number of benzene rings is 2. The summed E-state index contributed by atoms with van der Waals surface area (Å²) in [4.78, 5) is 35.1. The van der Waals surface area contributed by atoms with Gasteiger partial charge in [-0.25, -0.2) is 4.98 Å². The van der Waals surface area contributed by atoms with Crippen molar-refractivity contribution in [2.45, 2.75) is 33.9 Å². The van der Waals surface area contributed by atoms with Crippen molar-refractivity contribution < 1.29 is 9.32 Å². The third kappa shape index (κ3) is 5.13. The number of hydrogen-bond donors (Lipinski definition) is 1. The molecule has 0 saturated carbocycles. The Balaban J connectivity index is 1.44. The second kappa shape index (κ2) is 10.1. The summed E-state index contributed by atoms with van der Waals surface area (Å²) in [6.07, 6.45) is 3.37. The van der Waals surface area contributed by atoms with Crippen LogP contribution in [0.15, 0.2) is 82.1 Å². The third-order valence-corrected chi connectivity index (χ3v) is 6.25. The molecule has 1 amide bonds. The van der Waals surface area contributed by atoms with E-state index in [9.17, 15) is 9.59 Å². The maximum absolute atomic E-state index is 13.4. The molecular formula is C29H27N5O3. The first-order valence-corrected chi connectivity index (χ1v) is 12.0. The molecule has 8 nitrogen and oxygen atoms in total. The number of rotatable bonds is 7. The Kier molecular flexibility index (Phi) is 6.55. The molecule has 0 unspecified atom stereocenters. The van der Waals surface area contributed by atoms with Crippen LogP contribution in [0.4, 0.5) is 0 Å². The van der Waals surface area contributed by atoms with Gasteiger partial charge in [0.25, 0.3) is 5.56 Å². The molecule has 0 aliphatic carbocycles. The van der Waals surface area contributed by atoms with Crippen molar-refractivity contribution in [3.8, 4) is 5.82 Å². The molecule has 0 aliphatic heterocycles. The first-order valence-electron chi connectivity index (χ1n) is 12.0. The van der Waals surface area contributed by atoms with Gasteiger partial charge in [-0.05, 0) is 56.2 Å². The van der Waals surface area contributed by atoms with E-state index in [2.05, 4.69) is 15.1 Å². The van der Waals surface area contributed by atoms with Gasteiger partial charge in [-0.15, -0.1) is 0 Å². The summed E-state index contributed by atoms with van der Waals surface area (Å²) >= 11 is 0. The number of fused-ring (bicyclic) bond motifs is 1. The number of H-pyrrole nitrogens is 1. The molecule has 0 saturated heterocycles. The van der Waals surface area contributed by atoms with E-state index < -0.39 is 0 Å². The van der Waals surface area contributed by atoms with E-state index in [1.807, 2.05) is 79.9 Å². The van der Waals surface area contributed by atoms with Crippen LogP contribution in [0.3, 0.4) is 0 Å². The van der Waals surface area contributed by atoms with E-state index >= 15 is 0 Å². The molecule has 8 heteroatoms. The fourth-order valence-corrected chi connectivity index (χ4v) is 4.44. The monoisotopic (exact) mass is 493 g/mol. The number of para-hydroxylation sites is 1. The van der Waals surface area contributed by atoms with Crippen molar-refractivity contribution in [3.05, 3.63) is 117 Å². The summed E-state index contributed by atoms with van der Waals surface area (Å²) in [6.45, 7) is 6.35. The summed E-state index contributed by atoms with van der Waals surface area (Å²) in [5.74, 6) is 1.67. The summed E-state index contributed by atoms with van der Waals surface area (Å²) < 4.78 is 7.23. The highest BCUT2D eigenvalue weighted by Crippen LogP contribution is 2.22. The Morgan fingerprint density at radius 1 is 1.03 bits per heavy atom. The second-order valence-electron chi connectivity index (χ2n) is 9.00. The topological polar surface area (TPSA) is 97.0 Å². The predicted molar refractivity (Wildman–Crippen MR) is 142 cm³/mol. The molecule has 0 fully saturated rings. The van der Waals surface area contributed by atoms with Gasteiger partial charge < -0.3 is 14.4 Å². The molecular weight excluding hydrogens is 466 g/mol. The van der Waals surface area contributed by atoms with Crippen molar-refractivity contribution in [1.82, 2.24) is 24.6 Å². The number of aromatic amines is 1. The molecule has 0 bridgehead atoms. The minimum Gasteiger partial charge on any atom is -0.360 e. The lowest BCUT2D eigenvalue weighted by Gasteiger charge is -2.21. The normalized spacial score (nSPS) is 11.4. The van der Waals surface area contributed by atoms with E-state index in [4.69, 9.17) is 4.52 Å². The highest BCUT2D eigenvalue weighted by molar-refractivity contribution is 5.92. The Bertz CT molecular complexity index is 1660. The van der Waals surface area contributed by atoms with E-state index in [1.165, 1.54) is 0 Å².